The van der Waals surface area contributed by atoms with Gasteiger partial charge in [-0.1, -0.05) is 6.42 Å². The second-order valence-corrected chi connectivity index (χ2v) is 3.98. The van der Waals surface area contributed by atoms with Gasteiger partial charge in [-0.15, -0.1) is 0 Å². The van der Waals surface area contributed by atoms with Crippen LogP contribution in [0.5, 0.6) is 5.88 Å². The summed E-state index contributed by atoms with van der Waals surface area (Å²) in [5, 5.41) is 13.6. The van der Waals surface area contributed by atoms with Crippen LogP contribution in [0.1, 0.15) is 30.7 Å². The fourth-order valence-electron chi connectivity index (χ4n) is 2.01. The van der Waals surface area contributed by atoms with Crippen molar-refractivity contribution in [1.29, 1.82) is 0 Å². The smallest absolute Gasteiger partial charge is 0.254 e. The first-order chi connectivity index (χ1) is 7.25. The third-order valence-electron chi connectivity index (χ3n) is 3.06. The largest absolute Gasteiger partial charge is 0.493 e. The van der Waals surface area contributed by atoms with Gasteiger partial charge in [0.05, 0.1) is 12.3 Å². The molecule has 5 heteroatoms. The normalized spacial score (nSPS) is 16.8. The molecule has 3 rings (SSSR count). The Morgan fingerprint density at radius 3 is 3.00 bits per heavy atom. The molecule has 0 unspecified atom stereocenters. The highest BCUT2D eigenvalue weighted by Gasteiger charge is 2.23. The summed E-state index contributed by atoms with van der Waals surface area (Å²) < 4.78 is 1.37. The maximum absolute atomic E-state index is 11.2. The van der Waals surface area contributed by atoms with Crippen LogP contribution in [0.3, 0.4) is 0 Å². The summed E-state index contributed by atoms with van der Waals surface area (Å²) in [5.74, 6) is 0.374. The second-order valence-electron chi connectivity index (χ2n) is 3.98. The third-order valence-corrected chi connectivity index (χ3v) is 3.06. The molecule has 2 aromatic rings. The molecule has 1 aliphatic rings. The Bertz CT molecular complexity index is 566. The van der Waals surface area contributed by atoms with Crippen LogP contribution < -0.4 is 5.56 Å². The van der Waals surface area contributed by atoms with Gasteiger partial charge in [-0.05, 0) is 18.8 Å². The fourth-order valence-corrected chi connectivity index (χ4v) is 2.01. The van der Waals surface area contributed by atoms with Gasteiger partial charge >= 0.3 is 0 Å². The van der Waals surface area contributed by atoms with Crippen molar-refractivity contribution in [2.75, 3.05) is 0 Å². The number of aromatic amines is 1. The van der Waals surface area contributed by atoms with Crippen molar-refractivity contribution in [2.24, 2.45) is 0 Å². The van der Waals surface area contributed by atoms with Crippen molar-refractivity contribution in [2.45, 2.75) is 25.2 Å². The van der Waals surface area contributed by atoms with Crippen molar-refractivity contribution in [3.63, 3.8) is 0 Å². The minimum absolute atomic E-state index is 0.112. The van der Waals surface area contributed by atoms with Gasteiger partial charge in [0.15, 0.2) is 0 Å². The van der Waals surface area contributed by atoms with Crippen molar-refractivity contribution < 1.29 is 5.11 Å². The Labute approximate surface area is 85.4 Å². The number of nitrogens with one attached hydrogen (secondary N) is 1. The number of hydrogen-bond acceptors (Lipinski definition) is 3. The molecule has 1 fully saturated rings. The monoisotopic (exact) mass is 205 g/mol. The van der Waals surface area contributed by atoms with E-state index in [0.29, 0.717) is 11.6 Å². The summed E-state index contributed by atoms with van der Waals surface area (Å²) >= 11 is 0. The van der Waals surface area contributed by atoms with E-state index in [1.54, 1.807) is 6.20 Å². The van der Waals surface area contributed by atoms with E-state index in [9.17, 15) is 9.90 Å². The molecular weight excluding hydrogens is 194 g/mol. The molecule has 0 atom stereocenters. The highest BCUT2D eigenvalue weighted by atomic mass is 16.3. The van der Waals surface area contributed by atoms with Gasteiger partial charge < -0.3 is 10.1 Å². The van der Waals surface area contributed by atoms with Gasteiger partial charge in [0.1, 0.15) is 5.65 Å². The zero-order valence-electron chi connectivity index (χ0n) is 8.10. The Balaban J connectivity index is 2.27. The third kappa shape index (κ3) is 1.16. The SMILES string of the molecule is O=c1cc(O)n2ncc(C3CCC3)c2[nH]1. The molecule has 5 nitrogen and oxygen atoms in total. The molecule has 0 aliphatic heterocycles. The Morgan fingerprint density at radius 1 is 1.53 bits per heavy atom. The minimum Gasteiger partial charge on any atom is -0.493 e. The predicted molar refractivity (Wildman–Crippen MR) is 54.1 cm³/mol. The molecule has 1 aliphatic carbocycles. The average Bonchev–Trinajstić information content (AvgIpc) is 2.46. The van der Waals surface area contributed by atoms with Crippen LogP contribution in [-0.2, 0) is 0 Å². The Morgan fingerprint density at radius 2 is 2.33 bits per heavy atom. The van der Waals surface area contributed by atoms with E-state index in [4.69, 9.17) is 0 Å². The van der Waals surface area contributed by atoms with Crippen LogP contribution in [0.25, 0.3) is 5.65 Å². The van der Waals surface area contributed by atoms with E-state index < -0.39 is 0 Å². The van der Waals surface area contributed by atoms with E-state index in [1.165, 1.54) is 10.9 Å². The fraction of sp³-hybridized carbons (Fsp3) is 0.400. The van der Waals surface area contributed by atoms with E-state index in [0.717, 1.165) is 24.5 Å². The second kappa shape index (κ2) is 2.85. The maximum Gasteiger partial charge on any atom is 0.254 e. The van der Waals surface area contributed by atoms with Gasteiger partial charge in [0, 0.05) is 5.56 Å². The molecule has 0 spiro atoms. The first-order valence-corrected chi connectivity index (χ1v) is 5.05. The molecule has 15 heavy (non-hydrogen) atoms. The van der Waals surface area contributed by atoms with Crippen molar-refractivity contribution >= 4 is 5.65 Å². The lowest BCUT2D eigenvalue weighted by Gasteiger charge is -2.24. The molecule has 2 heterocycles. The van der Waals surface area contributed by atoms with Crippen LogP contribution >= 0.6 is 0 Å². The molecule has 0 radical (unpaired) electrons. The number of aromatic nitrogens is 3. The van der Waals surface area contributed by atoms with E-state index in [2.05, 4.69) is 10.1 Å². The highest BCUT2D eigenvalue weighted by molar-refractivity contribution is 5.50. The van der Waals surface area contributed by atoms with Crippen molar-refractivity contribution in [3.8, 4) is 5.88 Å². The number of rotatable bonds is 1. The lowest BCUT2D eigenvalue weighted by atomic mass is 9.81. The number of hydrogen-bond donors (Lipinski definition) is 2. The van der Waals surface area contributed by atoms with Crippen molar-refractivity contribution in [3.05, 3.63) is 28.2 Å². The van der Waals surface area contributed by atoms with E-state index in [-0.39, 0.29) is 11.4 Å². The lowest BCUT2D eigenvalue weighted by molar-refractivity contribution is 0.420. The van der Waals surface area contributed by atoms with E-state index in [1.807, 2.05) is 0 Å². The highest BCUT2D eigenvalue weighted by Crippen LogP contribution is 2.37. The van der Waals surface area contributed by atoms with Crippen LogP contribution in [0, 0.1) is 0 Å². The van der Waals surface area contributed by atoms with Crippen LogP contribution in [-0.4, -0.2) is 19.7 Å². The molecule has 0 amide bonds. The molecular formula is C10H11N3O2. The van der Waals surface area contributed by atoms with Crippen LogP contribution in [0.15, 0.2) is 17.1 Å². The zero-order valence-corrected chi connectivity index (χ0v) is 8.10. The molecule has 0 aromatic carbocycles. The number of H-pyrrole nitrogens is 1. The summed E-state index contributed by atoms with van der Waals surface area (Å²) in [6, 6.07) is 1.13. The van der Waals surface area contributed by atoms with Crippen LogP contribution in [0.4, 0.5) is 0 Å². The summed E-state index contributed by atoms with van der Waals surface area (Å²) in [6.45, 7) is 0. The number of aromatic hydroxyl groups is 1. The summed E-state index contributed by atoms with van der Waals surface area (Å²) in [4.78, 5) is 13.9. The summed E-state index contributed by atoms with van der Waals surface area (Å²) in [7, 11) is 0. The first kappa shape index (κ1) is 8.52. The Hall–Kier alpha value is -1.78. The molecule has 2 N–H and O–H groups in total. The Kier molecular flexibility index (Phi) is 1.62. The zero-order chi connectivity index (χ0) is 10.4. The quantitative estimate of drug-likeness (QED) is 0.729. The minimum atomic E-state index is -0.291. The van der Waals surface area contributed by atoms with Gasteiger partial charge in [-0.25, -0.2) is 0 Å². The maximum atomic E-state index is 11.2. The van der Waals surface area contributed by atoms with E-state index >= 15 is 0 Å². The van der Waals surface area contributed by atoms with Crippen molar-refractivity contribution in [1.82, 2.24) is 14.6 Å². The molecule has 0 saturated heterocycles. The van der Waals surface area contributed by atoms with Gasteiger partial charge in [-0.3, -0.25) is 4.79 Å². The number of fused-ring (bicyclic) bond motifs is 1. The first-order valence-electron chi connectivity index (χ1n) is 5.05. The molecule has 78 valence electrons. The summed E-state index contributed by atoms with van der Waals surface area (Å²) in [6.07, 6.45) is 5.23. The van der Waals surface area contributed by atoms with Gasteiger partial charge in [0.25, 0.3) is 5.56 Å². The topological polar surface area (TPSA) is 70.4 Å². The molecule has 1 saturated carbocycles. The molecule has 2 aromatic heterocycles. The predicted octanol–water partition coefficient (Wildman–Crippen LogP) is 0.996. The standard InChI is InChI=1S/C10H11N3O2/c14-8-4-9(15)13-10(12-8)7(5-11-13)6-2-1-3-6/h4-6,15H,1-3H2,(H,12,14). The van der Waals surface area contributed by atoms with Gasteiger partial charge in [-0.2, -0.15) is 9.61 Å². The summed E-state index contributed by atoms with van der Waals surface area (Å²) in [5.41, 5.74) is 1.38. The lowest BCUT2D eigenvalue weighted by Crippen LogP contribution is -2.12. The average molecular weight is 205 g/mol. The van der Waals surface area contributed by atoms with Crippen LogP contribution in [0.2, 0.25) is 0 Å². The molecule has 0 bridgehead atoms. The van der Waals surface area contributed by atoms with Gasteiger partial charge in [0.2, 0.25) is 5.88 Å². The number of nitrogens with zero attached hydrogens (tertiary/aromatic N) is 2.